The number of rotatable bonds is 7. The van der Waals surface area contributed by atoms with Gasteiger partial charge in [-0.2, -0.15) is 0 Å². The summed E-state index contributed by atoms with van der Waals surface area (Å²) >= 11 is 1.07. The molecular weight excluding hydrogens is 401 g/mol. The smallest absolute Gasteiger partial charge is 0.289 e. The van der Waals surface area contributed by atoms with E-state index in [1.807, 2.05) is 42.5 Å². The van der Waals surface area contributed by atoms with Crippen molar-refractivity contribution in [2.45, 2.75) is 24.8 Å². The molecule has 0 spiro atoms. The Kier molecular flexibility index (Phi) is 6.14. The van der Waals surface area contributed by atoms with Crippen LogP contribution < -0.4 is 4.74 Å². The van der Waals surface area contributed by atoms with Gasteiger partial charge < -0.3 is 4.74 Å². The van der Waals surface area contributed by atoms with Crippen molar-refractivity contribution >= 4 is 22.9 Å². The van der Waals surface area contributed by atoms with Crippen LogP contribution >= 0.6 is 11.8 Å². The first-order valence-corrected chi connectivity index (χ1v) is 10.5. The summed E-state index contributed by atoms with van der Waals surface area (Å²) in [5.74, 6) is 0.165. The second kappa shape index (κ2) is 9.13. The topological polar surface area (TPSA) is 46.6 Å². The maximum absolute atomic E-state index is 13.7. The molecular formula is C24H20FNO3S. The molecule has 152 valence electrons. The van der Waals surface area contributed by atoms with E-state index in [0.717, 1.165) is 22.9 Å². The average molecular weight is 421 g/mol. The standard InChI is InChI=1S/C24H20FNO3S/c25-21-9-5-4-8-19(21)16-29-20-12-10-17(11-13-20)14-22-23(27)26(24(28)30-22)15-18-6-2-1-3-7-18/h1-13,22H,14-16H2/t22-/m0/s1. The molecule has 3 aromatic rings. The van der Waals surface area contributed by atoms with Crippen LogP contribution in [0.4, 0.5) is 9.18 Å². The van der Waals surface area contributed by atoms with Crippen LogP contribution in [0.3, 0.4) is 0 Å². The third kappa shape index (κ3) is 4.71. The number of benzene rings is 3. The lowest BCUT2D eigenvalue weighted by atomic mass is 10.1. The fraction of sp³-hybridized carbons (Fsp3) is 0.167. The van der Waals surface area contributed by atoms with Crippen LogP contribution in [0, 0.1) is 5.82 Å². The van der Waals surface area contributed by atoms with Gasteiger partial charge in [0.05, 0.1) is 11.8 Å². The largest absolute Gasteiger partial charge is 0.489 e. The maximum Gasteiger partial charge on any atom is 0.289 e. The minimum Gasteiger partial charge on any atom is -0.489 e. The van der Waals surface area contributed by atoms with Crippen LogP contribution in [0.15, 0.2) is 78.9 Å². The number of thioether (sulfide) groups is 1. The lowest BCUT2D eigenvalue weighted by Gasteiger charge is -2.14. The Morgan fingerprint density at radius 1 is 0.867 bits per heavy atom. The van der Waals surface area contributed by atoms with Crippen molar-refractivity contribution in [2.75, 3.05) is 0 Å². The van der Waals surface area contributed by atoms with Crippen molar-refractivity contribution in [3.05, 3.63) is 101 Å². The number of carbonyl (C=O) groups is 2. The van der Waals surface area contributed by atoms with Crippen molar-refractivity contribution in [3.8, 4) is 5.75 Å². The highest BCUT2D eigenvalue weighted by atomic mass is 32.2. The Hall–Kier alpha value is -3.12. The van der Waals surface area contributed by atoms with E-state index in [4.69, 9.17) is 4.74 Å². The zero-order valence-corrected chi connectivity index (χ0v) is 17.0. The van der Waals surface area contributed by atoms with Crippen LogP contribution in [0.25, 0.3) is 0 Å². The van der Waals surface area contributed by atoms with E-state index in [-0.39, 0.29) is 23.6 Å². The Balaban J connectivity index is 1.34. The molecule has 1 saturated heterocycles. The molecule has 0 radical (unpaired) electrons. The molecule has 2 amide bonds. The molecule has 1 heterocycles. The van der Waals surface area contributed by atoms with Gasteiger partial charge in [0.15, 0.2) is 0 Å². The van der Waals surface area contributed by atoms with Gasteiger partial charge in [-0.3, -0.25) is 14.5 Å². The molecule has 1 aliphatic heterocycles. The van der Waals surface area contributed by atoms with E-state index in [0.29, 0.717) is 24.3 Å². The van der Waals surface area contributed by atoms with Crippen LogP contribution in [0.2, 0.25) is 0 Å². The number of amides is 2. The van der Waals surface area contributed by atoms with Crippen LogP contribution in [0.1, 0.15) is 16.7 Å². The first-order chi connectivity index (χ1) is 14.6. The molecule has 1 fully saturated rings. The molecule has 4 rings (SSSR count). The Morgan fingerprint density at radius 2 is 1.57 bits per heavy atom. The molecule has 0 saturated carbocycles. The molecule has 30 heavy (non-hydrogen) atoms. The monoisotopic (exact) mass is 421 g/mol. The highest BCUT2D eigenvalue weighted by Crippen LogP contribution is 2.31. The Labute approximate surface area is 178 Å². The van der Waals surface area contributed by atoms with Crippen molar-refractivity contribution in [2.24, 2.45) is 0 Å². The molecule has 0 N–H and O–H groups in total. The average Bonchev–Trinajstić information content (AvgIpc) is 3.02. The summed E-state index contributed by atoms with van der Waals surface area (Å²) in [4.78, 5) is 26.3. The fourth-order valence-corrected chi connectivity index (χ4v) is 4.28. The number of nitrogens with zero attached hydrogens (tertiary/aromatic N) is 1. The minimum atomic E-state index is -0.425. The second-order valence-electron chi connectivity index (χ2n) is 7.01. The van der Waals surface area contributed by atoms with Gasteiger partial charge in [-0.15, -0.1) is 0 Å². The summed E-state index contributed by atoms with van der Waals surface area (Å²) in [6.07, 6.45) is 0.466. The number of hydrogen-bond donors (Lipinski definition) is 0. The molecule has 4 nitrogen and oxygen atoms in total. The summed E-state index contributed by atoms with van der Waals surface area (Å²) in [7, 11) is 0. The molecule has 0 bridgehead atoms. The van der Waals surface area contributed by atoms with Gasteiger partial charge in [-0.1, -0.05) is 72.4 Å². The molecule has 1 atom stereocenters. The Bertz CT molecular complexity index is 1040. The second-order valence-corrected chi connectivity index (χ2v) is 8.16. The van der Waals surface area contributed by atoms with Crippen molar-refractivity contribution < 1.29 is 18.7 Å². The first kappa shape index (κ1) is 20.2. The SMILES string of the molecule is O=C1S[C@@H](Cc2ccc(OCc3ccccc3F)cc2)C(=O)N1Cc1ccccc1. The van der Waals surface area contributed by atoms with E-state index in [2.05, 4.69) is 0 Å². The summed E-state index contributed by atoms with van der Waals surface area (Å²) < 4.78 is 19.3. The minimum absolute atomic E-state index is 0.145. The van der Waals surface area contributed by atoms with Gasteiger partial charge in [-0.25, -0.2) is 4.39 Å². The lowest BCUT2D eigenvalue weighted by Crippen LogP contribution is -2.31. The fourth-order valence-electron chi connectivity index (χ4n) is 3.25. The molecule has 0 aromatic heterocycles. The normalized spacial score (nSPS) is 16.2. The third-order valence-corrected chi connectivity index (χ3v) is 5.96. The van der Waals surface area contributed by atoms with Crippen LogP contribution in [-0.2, 0) is 24.4 Å². The first-order valence-electron chi connectivity index (χ1n) is 9.61. The van der Waals surface area contributed by atoms with Crippen LogP contribution in [0.5, 0.6) is 5.75 Å². The summed E-state index contributed by atoms with van der Waals surface area (Å²) in [6.45, 7) is 0.441. The number of hydrogen-bond acceptors (Lipinski definition) is 4. The van der Waals surface area contributed by atoms with E-state index in [9.17, 15) is 14.0 Å². The van der Waals surface area contributed by atoms with Gasteiger partial charge in [-0.05, 0) is 35.7 Å². The highest BCUT2D eigenvalue weighted by Gasteiger charge is 2.39. The van der Waals surface area contributed by atoms with E-state index in [1.165, 1.54) is 11.0 Å². The quantitative estimate of drug-likeness (QED) is 0.525. The third-order valence-electron chi connectivity index (χ3n) is 4.89. The van der Waals surface area contributed by atoms with Gasteiger partial charge in [0.2, 0.25) is 5.91 Å². The molecule has 0 unspecified atom stereocenters. The zero-order chi connectivity index (χ0) is 20.9. The van der Waals surface area contributed by atoms with Crippen molar-refractivity contribution in [1.29, 1.82) is 0 Å². The van der Waals surface area contributed by atoms with Gasteiger partial charge >= 0.3 is 0 Å². The predicted molar refractivity (Wildman–Crippen MR) is 115 cm³/mol. The van der Waals surface area contributed by atoms with Gasteiger partial charge in [0.25, 0.3) is 5.24 Å². The summed E-state index contributed by atoms with van der Waals surface area (Å²) in [5, 5.41) is -0.634. The highest BCUT2D eigenvalue weighted by molar-refractivity contribution is 8.15. The van der Waals surface area contributed by atoms with Gasteiger partial charge in [0, 0.05) is 5.56 Å². The van der Waals surface area contributed by atoms with Gasteiger partial charge in [0.1, 0.15) is 18.2 Å². The van der Waals surface area contributed by atoms with Crippen molar-refractivity contribution in [1.82, 2.24) is 4.90 Å². The summed E-state index contributed by atoms with van der Waals surface area (Å²) in [6, 6.07) is 23.3. The number of ether oxygens (including phenoxy) is 1. The predicted octanol–water partition coefficient (Wildman–Crippen LogP) is 5.21. The number of imide groups is 1. The summed E-state index contributed by atoms with van der Waals surface area (Å²) in [5.41, 5.74) is 2.36. The molecule has 0 aliphatic carbocycles. The number of carbonyl (C=O) groups excluding carboxylic acids is 2. The lowest BCUT2D eigenvalue weighted by molar-refractivity contribution is -0.127. The Morgan fingerprint density at radius 3 is 2.30 bits per heavy atom. The molecule has 1 aliphatic rings. The zero-order valence-electron chi connectivity index (χ0n) is 16.2. The number of halogens is 1. The molecule has 6 heteroatoms. The van der Waals surface area contributed by atoms with E-state index in [1.54, 1.807) is 30.3 Å². The van der Waals surface area contributed by atoms with Crippen molar-refractivity contribution in [3.63, 3.8) is 0 Å². The van der Waals surface area contributed by atoms with Crippen LogP contribution in [-0.4, -0.2) is 21.3 Å². The maximum atomic E-state index is 13.7. The van der Waals surface area contributed by atoms with E-state index < -0.39 is 5.25 Å². The van der Waals surface area contributed by atoms with E-state index >= 15 is 0 Å². The molecule has 3 aromatic carbocycles.